The molecule has 0 radical (unpaired) electrons. The lowest BCUT2D eigenvalue weighted by atomic mass is 10.0. The van der Waals surface area contributed by atoms with E-state index < -0.39 is 0 Å². The Morgan fingerprint density at radius 1 is 1.05 bits per heavy atom. The van der Waals surface area contributed by atoms with Crippen molar-refractivity contribution in [2.45, 2.75) is 18.9 Å². The van der Waals surface area contributed by atoms with Crippen molar-refractivity contribution in [2.75, 3.05) is 13.1 Å². The second kappa shape index (κ2) is 6.55. The normalized spacial score (nSPS) is 17.6. The van der Waals surface area contributed by atoms with Gasteiger partial charge in [0.1, 0.15) is 0 Å². The van der Waals surface area contributed by atoms with Gasteiger partial charge in [-0.05, 0) is 42.6 Å². The highest BCUT2D eigenvalue weighted by Crippen LogP contribution is 2.19. The molecular weight excluding hydrogens is 260 g/mol. The topological polar surface area (TPSA) is 41.1 Å². The lowest BCUT2D eigenvalue weighted by Gasteiger charge is -2.11. The number of hydrogen-bond acceptors (Lipinski definition) is 2. The zero-order chi connectivity index (χ0) is 14.5. The van der Waals surface area contributed by atoms with Crippen LogP contribution in [0.5, 0.6) is 0 Å². The van der Waals surface area contributed by atoms with Gasteiger partial charge in [-0.3, -0.25) is 4.79 Å². The fourth-order valence-corrected chi connectivity index (χ4v) is 2.69. The monoisotopic (exact) mass is 280 g/mol. The van der Waals surface area contributed by atoms with Crippen molar-refractivity contribution in [3.05, 3.63) is 60.2 Å². The zero-order valence-corrected chi connectivity index (χ0v) is 12.0. The summed E-state index contributed by atoms with van der Waals surface area (Å²) in [7, 11) is 0. The maximum Gasteiger partial charge on any atom is 0.251 e. The summed E-state index contributed by atoms with van der Waals surface area (Å²) in [4.78, 5) is 12.1. The Hall–Kier alpha value is -2.13. The summed E-state index contributed by atoms with van der Waals surface area (Å²) in [6.07, 6.45) is 2.35. The fraction of sp³-hybridized carbons (Fsp3) is 0.278. The van der Waals surface area contributed by atoms with Gasteiger partial charge >= 0.3 is 0 Å². The first kappa shape index (κ1) is 13.8. The molecule has 2 N–H and O–H groups in total. The molecule has 3 rings (SSSR count). The third-order valence-corrected chi connectivity index (χ3v) is 3.93. The minimum Gasteiger partial charge on any atom is -0.350 e. The Balaban J connectivity index is 1.62. The highest BCUT2D eigenvalue weighted by Gasteiger charge is 2.15. The van der Waals surface area contributed by atoms with Gasteiger partial charge in [0.15, 0.2) is 0 Å². The minimum atomic E-state index is 0.00307. The van der Waals surface area contributed by atoms with Crippen LogP contribution in [0.25, 0.3) is 11.1 Å². The van der Waals surface area contributed by atoms with Gasteiger partial charge < -0.3 is 10.6 Å². The second-order valence-electron chi connectivity index (χ2n) is 5.45. The van der Waals surface area contributed by atoms with E-state index >= 15 is 0 Å². The number of amides is 1. The minimum absolute atomic E-state index is 0.00307. The third kappa shape index (κ3) is 3.50. The highest BCUT2D eigenvalue weighted by molar-refractivity contribution is 5.94. The molecule has 0 saturated carbocycles. The Labute approximate surface area is 125 Å². The molecule has 3 nitrogen and oxygen atoms in total. The van der Waals surface area contributed by atoms with E-state index in [0.717, 1.165) is 18.5 Å². The van der Waals surface area contributed by atoms with Gasteiger partial charge in [-0.25, -0.2) is 0 Å². The number of rotatable bonds is 4. The molecule has 1 unspecified atom stereocenters. The van der Waals surface area contributed by atoms with Crippen LogP contribution in [0.3, 0.4) is 0 Å². The van der Waals surface area contributed by atoms with Gasteiger partial charge in [0.2, 0.25) is 0 Å². The van der Waals surface area contributed by atoms with Crippen molar-refractivity contribution in [2.24, 2.45) is 0 Å². The van der Waals surface area contributed by atoms with Crippen molar-refractivity contribution >= 4 is 5.91 Å². The number of carbonyl (C=O) groups is 1. The van der Waals surface area contributed by atoms with Crippen LogP contribution in [-0.2, 0) is 0 Å². The molecular formula is C18H20N2O. The van der Waals surface area contributed by atoms with Crippen molar-refractivity contribution in [1.29, 1.82) is 0 Å². The summed E-state index contributed by atoms with van der Waals surface area (Å²) < 4.78 is 0. The maximum atomic E-state index is 12.1. The number of nitrogens with one attached hydrogen (secondary N) is 2. The number of carbonyl (C=O) groups excluding carboxylic acids is 1. The molecule has 2 aromatic rings. The van der Waals surface area contributed by atoms with E-state index in [4.69, 9.17) is 0 Å². The van der Waals surface area contributed by atoms with Crippen LogP contribution in [0, 0.1) is 0 Å². The lowest BCUT2D eigenvalue weighted by Crippen LogP contribution is -2.37. The maximum absolute atomic E-state index is 12.1. The van der Waals surface area contributed by atoms with Crippen LogP contribution >= 0.6 is 0 Å². The molecule has 1 saturated heterocycles. The molecule has 3 heteroatoms. The van der Waals surface area contributed by atoms with Crippen molar-refractivity contribution in [1.82, 2.24) is 10.6 Å². The second-order valence-corrected chi connectivity index (χ2v) is 5.45. The smallest absolute Gasteiger partial charge is 0.251 e. The van der Waals surface area contributed by atoms with Crippen LogP contribution in [0.2, 0.25) is 0 Å². The molecule has 108 valence electrons. The average Bonchev–Trinajstić information content (AvgIpc) is 3.07. The molecule has 21 heavy (non-hydrogen) atoms. The molecule has 1 aliphatic heterocycles. The fourth-order valence-electron chi connectivity index (χ4n) is 2.69. The summed E-state index contributed by atoms with van der Waals surface area (Å²) in [5.41, 5.74) is 3.01. The molecule has 0 aliphatic carbocycles. The van der Waals surface area contributed by atoms with Crippen LogP contribution in [0.4, 0.5) is 0 Å². The zero-order valence-electron chi connectivity index (χ0n) is 12.0. The van der Waals surface area contributed by atoms with Gasteiger partial charge in [0.05, 0.1) is 0 Å². The summed E-state index contributed by atoms with van der Waals surface area (Å²) in [6, 6.07) is 18.4. The molecule has 1 heterocycles. The largest absolute Gasteiger partial charge is 0.350 e. The van der Waals surface area contributed by atoms with Gasteiger partial charge in [0, 0.05) is 18.2 Å². The van der Waals surface area contributed by atoms with Crippen LogP contribution in [0.15, 0.2) is 54.6 Å². The number of benzene rings is 2. The van der Waals surface area contributed by atoms with Crippen molar-refractivity contribution in [3.63, 3.8) is 0 Å². The van der Waals surface area contributed by atoms with Crippen LogP contribution in [0.1, 0.15) is 23.2 Å². The van der Waals surface area contributed by atoms with Gasteiger partial charge in [0.25, 0.3) is 5.91 Å². The summed E-state index contributed by atoms with van der Waals surface area (Å²) in [5.74, 6) is 0.00307. The predicted octanol–water partition coefficient (Wildman–Crippen LogP) is 2.84. The summed E-state index contributed by atoms with van der Waals surface area (Å²) in [5, 5.41) is 6.38. The standard InChI is InChI=1S/C18H20N2O/c21-18(20-13-17-7-4-12-19-17)16-10-8-15(9-11-16)14-5-2-1-3-6-14/h1-3,5-6,8-11,17,19H,4,7,12-13H2,(H,20,21). The average molecular weight is 280 g/mol. The molecule has 1 fully saturated rings. The Kier molecular flexibility index (Phi) is 4.31. The third-order valence-electron chi connectivity index (χ3n) is 3.93. The molecule has 0 bridgehead atoms. The Morgan fingerprint density at radius 2 is 1.76 bits per heavy atom. The first-order chi connectivity index (χ1) is 10.3. The van der Waals surface area contributed by atoms with Crippen LogP contribution in [-0.4, -0.2) is 25.0 Å². The van der Waals surface area contributed by atoms with Crippen LogP contribution < -0.4 is 10.6 Å². The number of hydrogen-bond donors (Lipinski definition) is 2. The van der Waals surface area contributed by atoms with Crippen molar-refractivity contribution < 1.29 is 4.79 Å². The SMILES string of the molecule is O=C(NCC1CCCN1)c1ccc(-c2ccccc2)cc1. The van der Waals surface area contributed by atoms with Gasteiger partial charge in [-0.2, -0.15) is 0 Å². The molecule has 1 amide bonds. The van der Waals surface area contributed by atoms with Crippen molar-refractivity contribution in [3.8, 4) is 11.1 Å². The summed E-state index contributed by atoms with van der Waals surface area (Å²) >= 11 is 0. The van der Waals surface area contributed by atoms with E-state index in [0.29, 0.717) is 18.2 Å². The molecule has 1 aliphatic rings. The first-order valence-corrected chi connectivity index (χ1v) is 7.50. The summed E-state index contributed by atoms with van der Waals surface area (Å²) in [6.45, 7) is 1.77. The molecule has 2 aromatic carbocycles. The van der Waals surface area contributed by atoms with E-state index in [1.54, 1.807) is 0 Å². The van der Waals surface area contributed by atoms with E-state index in [1.165, 1.54) is 12.0 Å². The predicted molar refractivity (Wildman–Crippen MR) is 85.2 cm³/mol. The Morgan fingerprint density at radius 3 is 2.43 bits per heavy atom. The quantitative estimate of drug-likeness (QED) is 0.904. The molecule has 0 spiro atoms. The molecule has 0 aromatic heterocycles. The van der Waals surface area contributed by atoms with E-state index in [1.807, 2.05) is 42.5 Å². The van der Waals surface area contributed by atoms with E-state index in [9.17, 15) is 4.79 Å². The molecule has 1 atom stereocenters. The highest BCUT2D eigenvalue weighted by atomic mass is 16.1. The Bertz CT molecular complexity index is 586. The van der Waals surface area contributed by atoms with E-state index in [2.05, 4.69) is 22.8 Å². The first-order valence-electron chi connectivity index (χ1n) is 7.50. The van der Waals surface area contributed by atoms with Gasteiger partial charge in [-0.1, -0.05) is 42.5 Å². The van der Waals surface area contributed by atoms with E-state index in [-0.39, 0.29) is 5.91 Å². The van der Waals surface area contributed by atoms with Gasteiger partial charge in [-0.15, -0.1) is 0 Å². The lowest BCUT2D eigenvalue weighted by molar-refractivity contribution is 0.0950.